The van der Waals surface area contributed by atoms with E-state index in [1.165, 1.54) is 6.42 Å². The molecule has 2 saturated carbocycles. The van der Waals surface area contributed by atoms with E-state index >= 15 is 0 Å². The first kappa shape index (κ1) is 7.53. The predicted molar refractivity (Wildman–Crippen MR) is 42.9 cm³/mol. The Hall–Kier alpha value is -0.110. The van der Waals surface area contributed by atoms with Gasteiger partial charge in [0.15, 0.2) is 0 Å². The molecular formula is C9H16FN. The van der Waals surface area contributed by atoms with E-state index in [-0.39, 0.29) is 6.04 Å². The van der Waals surface area contributed by atoms with Gasteiger partial charge in [-0.3, -0.25) is 0 Å². The van der Waals surface area contributed by atoms with Crippen LogP contribution in [0.15, 0.2) is 0 Å². The highest BCUT2D eigenvalue weighted by Gasteiger charge is 2.39. The molecule has 2 aliphatic carbocycles. The highest BCUT2D eigenvalue weighted by molar-refractivity contribution is 4.91. The number of rotatable bonds is 0. The number of nitrogens with two attached hydrogens (primary N) is 1. The van der Waals surface area contributed by atoms with Crippen LogP contribution in [0.3, 0.4) is 0 Å². The second-order valence-electron chi connectivity index (χ2n) is 4.13. The van der Waals surface area contributed by atoms with Crippen molar-refractivity contribution in [3.8, 4) is 0 Å². The summed E-state index contributed by atoms with van der Waals surface area (Å²) in [7, 11) is 0. The van der Waals surface area contributed by atoms with Crippen molar-refractivity contribution in [2.45, 2.75) is 44.3 Å². The average Bonchev–Trinajstić information content (AvgIpc) is 1.92. The van der Waals surface area contributed by atoms with E-state index in [9.17, 15) is 4.39 Å². The maximum absolute atomic E-state index is 13.4. The van der Waals surface area contributed by atoms with Crippen LogP contribution in [0.4, 0.5) is 4.39 Å². The van der Waals surface area contributed by atoms with Gasteiger partial charge in [-0.15, -0.1) is 0 Å². The lowest BCUT2D eigenvalue weighted by atomic mass is 9.69. The third kappa shape index (κ3) is 1.28. The molecule has 0 aliphatic heterocycles. The number of alkyl halides is 1. The number of fused-ring (bicyclic) bond motifs is 2. The second kappa shape index (κ2) is 2.74. The molecule has 2 fully saturated rings. The molecule has 11 heavy (non-hydrogen) atoms. The minimum atomic E-state index is -0.524. The Balaban J connectivity index is 2.07. The summed E-state index contributed by atoms with van der Waals surface area (Å²) in [5.74, 6) is 0.606. The molecule has 0 radical (unpaired) electrons. The monoisotopic (exact) mass is 157 g/mol. The van der Waals surface area contributed by atoms with Crippen LogP contribution in [-0.4, -0.2) is 12.2 Å². The van der Waals surface area contributed by atoms with Gasteiger partial charge in [0.1, 0.15) is 6.17 Å². The number of halogens is 1. The minimum Gasteiger partial charge on any atom is -0.328 e. The average molecular weight is 157 g/mol. The second-order valence-corrected chi connectivity index (χ2v) is 4.13. The van der Waals surface area contributed by atoms with Crippen molar-refractivity contribution >= 4 is 0 Å². The molecule has 2 rings (SSSR count). The summed E-state index contributed by atoms with van der Waals surface area (Å²) in [6.07, 6.45) is 4.71. The molecule has 0 saturated heterocycles. The molecule has 2 unspecified atom stereocenters. The standard InChI is InChI=1S/C9H16FN/c10-9-6-2-1-3-7(9)5-8(11)4-6/h6-9H,1-5,11H2. The summed E-state index contributed by atoms with van der Waals surface area (Å²) in [6.45, 7) is 0. The molecule has 0 heterocycles. The van der Waals surface area contributed by atoms with Gasteiger partial charge in [0.2, 0.25) is 0 Å². The molecule has 2 aliphatic rings. The topological polar surface area (TPSA) is 26.0 Å². The van der Waals surface area contributed by atoms with E-state index in [1.807, 2.05) is 0 Å². The fourth-order valence-corrected chi connectivity index (χ4v) is 2.72. The molecule has 0 aromatic carbocycles. The van der Waals surface area contributed by atoms with E-state index in [0.717, 1.165) is 25.7 Å². The maximum Gasteiger partial charge on any atom is 0.106 e. The zero-order chi connectivity index (χ0) is 7.84. The quantitative estimate of drug-likeness (QED) is 0.570. The Labute approximate surface area is 67.2 Å². The van der Waals surface area contributed by atoms with E-state index in [1.54, 1.807) is 0 Å². The Kier molecular flexibility index (Phi) is 1.88. The van der Waals surface area contributed by atoms with Gasteiger partial charge < -0.3 is 5.73 Å². The molecule has 64 valence electrons. The third-order valence-corrected chi connectivity index (χ3v) is 3.26. The van der Waals surface area contributed by atoms with Crippen molar-refractivity contribution in [1.29, 1.82) is 0 Å². The fraction of sp³-hybridized carbons (Fsp3) is 1.00. The SMILES string of the molecule is NC1CC2CCCC(C1)C2F. The maximum atomic E-state index is 13.4. The van der Waals surface area contributed by atoms with Crippen molar-refractivity contribution in [2.75, 3.05) is 0 Å². The molecule has 2 atom stereocenters. The summed E-state index contributed by atoms with van der Waals surface area (Å²) in [6, 6.07) is 0.289. The predicted octanol–water partition coefficient (Wildman–Crippen LogP) is 1.86. The molecule has 0 aromatic rings. The highest BCUT2D eigenvalue weighted by atomic mass is 19.1. The molecule has 1 nitrogen and oxygen atoms in total. The number of hydrogen-bond donors (Lipinski definition) is 1. The molecule has 2 heteroatoms. The van der Waals surface area contributed by atoms with Gasteiger partial charge in [-0.1, -0.05) is 6.42 Å². The van der Waals surface area contributed by atoms with E-state index < -0.39 is 6.17 Å². The Morgan fingerprint density at radius 3 is 2.18 bits per heavy atom. The summed E-state index contributed by atoms with van der Waals surface area (Å²) in [5.41, 5.74) is 5.82. The normalized spacial score (nSPS) is 50.7. The molecule has 2 bridgehead atoms. The smallest absolute Gasteiger partial charge is 0.106 e. The van der Waals surface area contributed by atoms with Gasteiger partial charge in [0, 0.05) is 6.04 Å². The first-order valence-electron chi connectivity index (χ1n) is 4.67. The van der Waals surface area contributed by atoms with E-state index in [0.29, 0.717) is 11.8 Å². The Bertz CT molecular complexity index is 134. The summed E-state index contributed by atoms with van der Waals surface area (Å²) < 4.78 is 13.4. The largest absolute Gasteiger partial charge is 0.328 e. The Morgan fingerprint density at radius 1 is 1.09 bits per heavy atom. The van der Waals surface area contributed by atoms with Crippen LogP contribution < -0.4 is 5.73 Å². The van der Waals surface area contributed by atoms with Gasteiger partial charge in [-0.05, 0) is 37.5 Å². The van der Waals surface area contributed by atoms with Gasteiger partial charge in [-0.2, -0.15) is 0 Å². The minimum absolute atomic E-state index is 0.289. The van der Waals surface area contributed by atoms with E-state index in [2.05, 4.69) is 0 Å². The summed E-state index contributed by atoms with van der Waals surface area (Å²) >= 11 is 0. The highest BCUT2D eigenvalue weighted by Crippen LogP contribution is 2.41. The van der Waals surface area contributed by atoms with Crippen molar-refractivity contribution < 1.29 is 4.39 Å². The van der Waals surface area contributed by atoms with Gasteiger partial charge in [0.05, 0.1) is 0 Å². The van der Waals surface area contributed by atoms with Gasteiger partial charge in [-0.25, -0.2) is 4.39 Å². The van der Waals surface area contributed by atoms with Gasteiger partial charge in [0.25, 0.3) is 0 Å². The van der Waals surface area contributed by atoms with Crippen molar-refractivity contribution in [3.05, 3.63) is 0 Å². The first-order valence-corrected chi connectivity index (χ1v) is 4.67. The van der Waals surface area contributed by atoms with Crippen molar-refractivity contribution in [1.82, 2.24) is 0 Å². The lowest BCUT2D eigenvalue weighted by molar-refractivity contribution is 0.0445. The van der Waals surface area contributed by atoms with Crippen molar-refractivity contribution in [3.63, 3.8) is 0 Å². The van der Waals surface area contributed by atoms with Crippen LogP contribution in [0, 0.1) is 11.8 Å². The lowest BCUT2D eigenvalue weighted by Gasteiger charge is -2.40. The van der Waals surface area contributed by atoms with Crippen LogP contribution in [-0.2, 0) is 0 Å². The zero-order valence-corrected chi connectivity index (χ0v) is 6.80. The number of hydrogen-bond acceptors (Lipinski definition) is 1. The lowest BCUT2D eigenvalue weighted by Crippen LogP contribution is -2.43. The molecule has 0 aromatic heterocycles. The van der Waals surface area contributed by atoms with E-state index in [4.69, 9.17) is 5.73 Å². The van der Waals surface area contributed by atoms with Crippen LogP contribution >= 0.6 is 0 Å². The summed E-state index contributed by atoms with van der Waals surface area (Å²) in [5, 5.41) is 0. The summed E-state index contributed by atoms with van der Waals surface area (Å²) in [4.78, 5) is 0. The van der Waals surface area contributed by atoms with Crippen LogP contribution in [0.5, 0.6) is 0 Å². The molecule has 0 spiro atoms. The van der Waals surface area contributed by atoms with Crippen LogP contribution in [0.25, 0.3) is 0 Å². The first-order chi connectivity index (χ1) is 5.27. The van der Waals surface area contributed by atoms with Crippen LogP contribution in [0.2, 0.25) is 0 Å². The van der Waals surface area contributed by atoms with Crippen molar-refractivity contribution in [2.24, 2.45) is 17.6 Å². The molecule has 2 N–H and O–H groups in total. The molecule has 0 amide bonds. The Morgan fingerprint density at radius 2 is 1.64 bits per heavy atom. The third-order valence-electron chi connectivity index (χ3n) is 3.26. The molecular weight excluding hydrogens is 141 g/mol. The fourth-order valence-electron chi connectivity index (χ4n) is 2.72. The van der Waals surface area contributed by atoms with Crippen LogP contribution in [0.1, 0.15) is 32.1 Å². The zero-order valence-electron chi connectivity index (χ0n) is 6.80. The van der Waals surface area contributed by atoms with Gasteiger partial charge >= 0.3 is 0 Å².